The van der Waals surface area contributed by atoms with Gasteiger partial charge in [-0.15, -0.1) is 0 Å². The number of carbonyl (C=O) groups is 1. The highest BCUT2D eigenvalue weighted by atomic mass is 35.5. The first-order valence-electron chi connectivity index (χ1n) is 16.2. The van der Waals surface area contributed by atoms with Gasteiger partial charge in [0.2, 0.25) is 0 Å². The number of aromatic nitrogens is 6. The van der Waals surface area contributed by atoms with Crippen molar-refractivity contribution in [1.82, 2.24) is 29.5 Å². The van der Waals surface area contributed by atoms with Crippen LogP contribution in [0.1, 0.15) is 46.1 Å². The molecule has 6 aromatic rings. The van der Waals surface area contributed by atoms with Gasteiger partial charge in [0.25, 0.3) is 0 Å². The van der Waals surface area contributed by atoms with Gasteiger partial charge in [-0.25, -0.2) is 32.9 Å². The summed E-state index contributed by atoms with van der Waals surface area (Å²) in [4.78, 5) is 21.7. The fourth-order valence-corrected chi connectivity index (χ4v) is 7.56. The highest BCUT2D eigenvalue weighted by molar-refractivity contribution is 8.12. The van der Waals surface area contributed by atoms with Crippen molar-refractivity contribution in [2.24, 2.45) is 0 Å². The lowest BCUT2D eigenvalue weighted by Crippen LogP contribution is -2.22. The molecule has 2 aliphatic heterocycles. The number of benzene rings is 4. The van der Waals surface area contributed by atoms with E-state index in [1.165, 1.54) is 36.9 Å². The van der Waals surface area contributed by atoms with E-state index in [4.69, 9.17) is 37.4 Å². The average molecular weight is 762 g/mol. The van der Waals surface area contributed by atoms with Crippen molar-refractivity contribution in [2.75, 3.05) is 0 Å². The highest BCUT2D eigenvalue weighted by Crippen LogP contribution is 2.60. The molecule has 0 saturated carbocycles. The molecule has 15 heteroatoms. The predicted molar refractivity (Wildman–Crippen MR) is 188 cm³/mol. The average Bonchev–Trinajstić information content (AvgIpc) is 3.91. The minimum atomic E-state index is -0.897. The van der Waals surface area contributed by atoms with Crippen LogP contribution < -0.4 is 0 Å². The van der Waals surface area contributed by atoms with Crippen LogP contribution in [-0.4, -0.2) is 34.8 Å². The lowest BCUT2D eigenvalue weighted by atomic mass is 9.91. The van der Waals surface area contributed by atoms with Crippen LogP contribution in [0.25, 0.3) is 0 Å². The zero-order valence-corrected chi connectivity index (χ0v) is 29.4. The third-order valence-corrected chi connectivity index (χ3v) is 10.7. The summed E-state index contributed by atoms with van der Waals surface area (Å²) in [6, 6.07) is 27.0. The van der Waals surface area contributed by atoms with Gasteiger partial charge in [0.1, 0.15) is 53.5 Å². The summed E-state index contributed by atoms with van der Waals surface area (Å²) in [6.45, 7) is 0.302. The Bertz CT molecular complexity index is 2080. The van der Waals surface area contributed by atoms with Crippen molar-refractivity contribution in [1.29, 1.82) is 0 Å². The topological polar surface area (TPSA) is 113 Å². The monoisotopic (exact) mass is 760 g/mol. The van der Waals surface area contributed by atoms with Crippen LogP contribution in [0.2, 0.25) is 10.0 Å². The van der Waals surface area contributed by atoms with Crippen molar-refractivity contribution in [3.8, 4) is 0 Å². The van der Waals surface area contributed by atoms with Gasteiger partial charge in [-0.3, -0.25) is 0 Å². The zero-order chi connectivity index (χ0) is 35.9. The van der Waals surface area contributed by atoms with E-state index in [9.17, 15) is 13.6 Å². The van der Waals surface area contributed by atoms with Gasteiger partial charge in [0, 0.05) is 21.2 Å². The van der Waals surface area contributed by atoms with Crippen LogP contribution in [0.3, 0.4) is 0 Å². The molecule has 0 amide bonds. The van der Waals surface area contributed by atoms with Gasteiger partial charge >= 0.3 is 5.30 Å². The molecule has 2 aliphatic rings. The van der Waals surface area contributed by atoms with Crippen LogP contribution in [0.4, 0.5) is 13.6 Å². The second-order valence-corrected chi connectivity index (χ2v) is 14.1. The summed E-state index contributed by atoms with van der Waals surface area (Å²) in [7, 11) is 0. The normalized spacial score (nSPS) is 21.9. The summed E-state index contributed by atoms with van der Waals surface area (Å²) in [6.07, 6.45) is 1.96. The lowest BCUT2D eigenvalue weighted by Gasteiger charge is -2.16. The predicted octanol–water partition coefficient (Wildman–Crippen LogP) is 8.36. The van der Waals surface area contributed by atoms with E-state index in [1.54, 1.807) is 45.8 Å². The maximum absolute atomic E-state index is 13.9. The van der Waals surface area contributed by atoms with E-state index in [0.717, 1.165) is 34.0 Å². The quantitative estimate of drug-likeness (QED) is 0.0897. The Morgan fingerprint density at radius 2 is 1.17 bits per heavy atom. The summed E-state index contributed by atoms with van der Waals surface area (Å²) < 4.78 is 49.2. The molecule has 4 aromatic carbocycles. The van der Waals surface area contributed by atoms with Crippen molar-refractivity contribution in [3.05, 3.63) is 165 Å². The van der Waals surface area contributed by atoms with Gasteiger partial charge in [-0.2, -0.15) is 10.2 Å². The fraction of sp³-hybridized carbons (Fsp3) is 0.216. The molecule has 4 unspecified atom stereocenters. The molecule has 2 saturated heterocycles. The van der Waals surface area contributed by atoms with Gasteiger partial charge in [-0.05, 0) is 59.3 Å². The molecular weight excluding hydrogens is 733 g/mol. The van der Waals surface area contributed by atoms with Crippen LogP contribution >= 0.6 is 35.0 Å². The molecule has 4 heterocycles. The number of rotatable bonds is 12. The molecule has 2 aromatic heterocycles. The summed E-state index contributed by atoms with van der Waals surface area (Å²) >= 11 is 13.9. The summed E-state index contributed by atoms with van der Waals surface area (Å²) in [5.74, 6) is 0.330. The Morgan fingerprint density at radius 3 is 1.67 bits per heavy atom. The Labute approximate surface area is 310 Å². The molecule has 52 heavy (non-hydrogen) atoms. The number of ether oxygens (including phenoxy) is 3. The number of halogens is 4. The number of hydrogen-bond donors (Lipinski definition) is 0. The minimum Gasteiger partial charge on any atom is -0.449 e. The van der Waals surface area contributed by atoms with Crippen LogP contribution in [0, 0.1) is 11.6 Å². The second kappa shape index (κ2) is 14.1. The van der Waals surface area contributed by atoms with E-state index in [1.807, 2.05) is 36.4 Å². The molecule has 264 valence electrons. The molecular formula is C37H28Cl2F2N6O4S. The van der Waals surface area contributed by atoms with Gasteiger partial charge in [-0.1, -0.05) is 83.9 Å². The molecule has 0 bridgehead atoms. The SMILES string of the molecule is O=C(OCc1ncnn1CC1(c2ccc(F)cc2)OC1c1ccccc1Cl)SCc1ncnn1CC1(c2ccc(F)cc2)OC1c1ccccc1Cl. The Balaban J connectivity index is 0.933. The lowest BCUT2D eigenvalue weighted by molar-refractivity contribution is 0.161. The van der Waals surface area contributed by atoms with Gasteiger partial charge in [0.15, 0.2) is 12.4 Å². The Kier molecular flexibility index (Phi) is 9.30. The van der Waals surface area contributed by atoms with Crippen LogP contribution in [-0.2, 0) is 50.9 Å². The van der Waals surface area contributed by atoms with Crippen molar-refractivity contribution in [2.45, 2.75) is 48.9 Å². The first kappa shape index (κ1) is 34.4. The largest absolute Gasteiger partial charge is 0.449 e. The molecule has 4 atom stereocenters. The first-order valence-corrected chi connectivity index (χ1v) is 17.9. The summed E-state index contributed by atoms with van der Waals surface area (Å²) in [5.41, 5.74) is 1.32. The molecule has 2 fully saturated rings. The van der Waals surface area contributed by atoms with Crippen molar-refractivity contribution < 1.29 is 27.8 Å². The van der Waals surface area contributed by atoms with Gasteiger partial charge < -0.3 is 14.2 Å². The van der Waals surface area contributed by atoms with E-state index in [-0.39, 0.29) is 37.1 Å². The Morgan fingerprint density at radius 1 is 0.712 bits per heavy atom. The molecule has 8 rings (SSSR count). The fourth-order valence-electron chi connectivity index (χ4n) is 6.48. The number of epoxide rings is 2. The highest BCUT2D eigenvalue weighted by Gasteiger charge is 2.60. The minimum absolute atomic E-state index is 0.156. The standard InChI is InChI=1S/C37H28Cl2F2N6O4S/c38-29-7-3-1-5-27(29)33-36(50-33,23-9-13-25(40)14-10-23)19-46-31(42-21-44-46)17-49-35(48)52-18-32-43-22-45-47(32)20-37(24-11-15-26(41)16-12-24)34(51-37)28-6-2-4-8-30(28)39/h1-16,21-22,33-34H,17-20H2. The summed E-state index contributed by atoms with van der Waals surface area (Å²) in [5, 5.41) is 9.32. The molecule has 0 N–H and O–H groups in total. The molecule has 0 aliphatic carbocycles. The third-order valence-electron chi connectivity index (χ3n) is 9.23. The number of carbonyl (C=O) groups excluding carboxylic acids is 1. The van der Waals surface area contributed by atoms with Crippen LogP contribution in [0.15, 0.2) is 110 Å². The first-order chi connectivity index (χ1) is 25.3. The van der Waals surface area contributed by atoms with Crippen molar-refractivity contribution >= 4 is 40.3 Å². The third kappa shape index (κ3) is 6.70. The number of thioether (sulfide) groups is 1. The Hall–Kier alpha value is -4.66. The molecule has 0 radical (unpaired) electrons. The van der Waals surface area contributed by atoms with Crippen LogP contribution in [0.5, 0.6) is 0 Å². The second-order valence-electron chi connectivity index (χ2n) is 12.3. The number of hydrogen-bond acceptors (Lipinski definition) is 9. The smallest absolute Gasteiger partial charge is 0.368 e. The maximum Gasteiger partial charge on any atom is 0.368 e. The molecule has 0 spiro atoms. The zero-order valence-electron chi connectivity index (χ0n) is 27.1. The van der Waals surface area contributed by atoms with E-state index in [0.29, 0.717) is 21.7 Å². The van der Waals surface area contributed by atoms with Crippen molar-refractivity contribution in [3.63, 3.8) is 0 Å². The van der Waals surface area contributed by atoms with Gasteiger partial charge in [0.05, 0.1) is 18.8 Å². The number of nitrogens with zero attached hydrogens (tertiary/aromatic N) is 6. The van der Waals surface area contributed by atoms with E-state index >= 15 is 0 Å². The van der Waals surface area contributed by atoms with E-state index in [2.05, 4.69) is 20.2 Å². The molecule has 10 nitrogen and oxygen atoms in total. The van der Waals surface area contributed by atoms with E-state index < -0.39 is 28.7 Å². The maximum atomic E-state index is 13.9.